The van der Waals surface area contributed by atoms with Gasteiger partial charge in [-0.25, -0.2) is 0 Å². The number of aryl methyl sites for hydroxylation is 1. The Morgan fingerprint density at radius 1 is 1.04 bits per heavy atom. The lowest BCUT2D eigenvalue weighted by Crippen LogP contribution is -2.11. The lowest BCUT2D eigenvalue weighted by atomic mass is 10.1. The molecule has 0 fully saturated rings. The Kier molecular flexibility index (Phi) is 7.22. The molecule has 2 N–H and O–H groups in total. The molecule has 0 spiro atoms. The first-order chi connectivity index (χ1) is 11.6. The molecular weight excluding hydrogens is 326 g/mol. The van der Waals surface area contributed by atoms with Gasteiger partial charge in [0, 0.05) is 0 Å². The Morgan fingerprint density at radius 2 is 1.83 bits per heavy atom. The normalized spacial score (nSPS) is 10.5. The molecule has 0 aliphatic carbocycles. The summed E-state index contributed by atoms with van der Waals surface area (Å²) in [6.07, 6.45) is 0.747. The van der Waals surface area contributed by atoms with Crippen molar-refractivity contribution in [3.8, 4) is 17.2 Å². The lowest BCUT2D eigenvalue weighted by molar-refractivity contribution is 0.208. The molecule has 2 aromatic carbocycles. The lowest BCUT2D eigenvalue weighted by Gasteiger charge is -2.15. The molecular formula is C19H24ClNO3. The van der Waals surface area contributed by atoms with E-state index in [4.69, 9.17) is 31.5 Å². The number of halogens is 1. The number of hydrogen-bond donors (Lipinski definition) is 1. The Morgan fingerprint density at radius 3 is 2.54 bits per heavy atom. The summed E-state index contributed by atoms with van der Waals surface area (Å²) in [5.74, 6) is 2.02. The summed E-state index contributed by atoms with van der Waals surface area (Å²) < 4.78 is 17.1. The number of rotatable bonds is 9. The van der Waals surface area contributed by atoms with Crippen LogP contribution in [0.3, 0.4) is 0 Å². The van der Waals surface area contributed by atoms with Crippen LogP contribution in [0, 0.1) is 6.92 Å². The number of hydrogen-bond acceptors (Lipinski definition) is 4. The van der Waals surface area contributed by atoms with Crippen molar-refractivity contribution in [2.75, 3.05) is 26.4 Å². The average Bonchev–Trinajstić information content (AvgIpc) is 2.54. The van der Waals surface area contributed by atoms with Crippen molar-refractivity contribution in [1.29, 1.82) is 0 Å². The van der Waals surface area contributed by atoms with Gasteiger partial charge in [-0.1, -0.05) is 23.7 Å². The van der Waals surface area contributed by atoms with Crippen molar-refractivity contribution < 1.29 is 14.2 Å². The van der Waals surface area contributed by atoms with E-state index in [1.165, 1.54) is 0 Å². The fourth-order valence-corrected chi connectivity index (χ4v) is 2.63. The number of benzene rings is 2. The number of nitrogens with two attached hydrogens (primary N) is 1. The molecule has 4 nitrogen and oxygen atoms in total. The zero-order valence-electron chi connectivity index (χ0n) is 14.2. The van der Waals surface area contributed by atoms with Crippen molar-refractivity contribution in [2.24, 2.45) is 5.73 Å². The van der Waals surface area contributed by atoms with E-state index < -0.39 is 0 Å². The van der Waals surface area contributed by atoms with Gasteiger partial charge in [0.25, 0.3) is 0 Å². The molecule has 0 saturated carbocycles. The third kappa shape index (κ3) is 5.32. The summed E-state index contributed by atoms with van der Waals surface area (Å²) in [4.78, 5) is 0. The van der Waals surface area contributed by atoms with Gasteiger partial charge in [0.1, 0.15) is 19.0 Å². The van der Waals surface area contributed by atoms with Crippen LogP contribution in [0.4, 0.5) is 0 Å². The van der Waals surface area contributed by atoms with E-state index in [1.54, 1.807) is 0 Å². The molecule has 0 unspecified atom stereocenters. The molecule has 0 aliphatic heterocycles. The van der Waals surface area contributed by atoms with Gasteiger partial charge >= 0.3 is 0 Å². The zero-order chi connectivity index (χ0) is 17.4. The third-order valence-corrected chi connectivity index (χ3v) is 3.67. The maximum Gasteiger partial charge on any atom is 0.179 e. The second kappa shape index (κ2) is 9.40. The van der Waals surface area contributed by atoms with E-state index in [1.807, 2.05) is 50.2 Å². The van der Waals surface area contributed by atoms with Crippen molar-refractivity contribution in [2.45, 2.75) is 20.3 Å². The fourth-order valence-electron chi connectivity index (χ4n) is 2.34. The van der Waals surface area contributed by atoms with Crippen LogP contribution in [0.2, 0.25) is 5.02 Å². The summed E-state index contributed by atoms with van der Waals surface area (Å²) in [6.45, 7) is 5.86. The molecule has 0 amide bonds. The Labute approximate surface area is 148 Å². The second-order valence-corrected chi connectivity index (χ2v) is 5.80. The van der Waals surface area contributed by atoms with E-state index in [-0.39, 0.29) is 0 Å². The largest absolute Gasteiger partial charge is 0.490 e. The summed E-state index contributed by atoms with van der Waals surface area (Å²) in [6, 6.07) is 11.7. The van der Waals surface area contributed by atoms with Crippen LogP contribution < -0.4 is 19.9 Å². The van der Waals surface area contributed by atoms with Crippen LogP contribution in [0.15, 0.2) is 36.4 Å². The van der Waals surface area contributed by atoms with Crippen molar-refractivity contribution in [3.63, 3.8) is 0 Å². The minimum Gasteiger partial charge on any atom is -0.490 e. The first-order valence-corrected chi connectivity index (χ1v) is 8.49. The molecule has 0 aromatic heterocycles. The van der Waals surface area contributed by atoms with Crippen LogP contribution in [-0.4, -0.2) is 26.4 Å². The van der Waals surface area contributed by atoms with E-state index in [0.29, 0.717) is 42.9 Å². The van der Waals surface area contributed by atoms with E-state index in [0.717, 1.165) is 23.3 Å². The van der Waals surface area contributed by atoms with Gasteiger partial charge in [-0.2, -0.15) is 0 Å². The summed E-state index contributed by atoms with van der Waals surface area (Å²) in [5, 5.41) is 0.528. The summed E-state index contributed by atoms with van der Waals surface area (Å²) in [7, 11) is 0. The van der Waals surface area contributed by atoms with E-state index in [2.05, 4.69) is 0 Å². The van der Waals surface area contributed by atoms with Gasteiger partial charge in [-0.3, -0.25) is 0 Å². The maximum atomic E-state index is 6.34. The zero-order valence-corrected chi connectivity index (χ0v) is 14.9. The van der Waals surface area contributed by atoms with Gasteiger partial charge in [-0.15, -0.1) is 0 Å². The van der Waals surface area contributed by atoms with Crippen LogP contribution in [0.25, 0.3) is 0 Å². The highest BCUT2D eigenvalue weighted by molar-refractivity contribution is 6.32. The predicted molar refractivity (Wildman–Crippen MR) is 97.5 cm³/mol. The topological polar surface area (TPSA) is 53.7 Å². The SMILES string of the molecule is CCOc1cc(CCN)cc(Cl)c1OCCOc1cccc(C)c1. The quantitative estimate of drug-likeness (QED) is 0.695. The van der Waals surface area contributed by atoms with Crippen molar-refractivity contribution in [1.82, 2.24) is 0 Å². The van der Waals surface area contributed by atoms with E-state index >= 15 is 0 Å². The molecule has 24 heavy (non-hydrogen) atoms. The smallest absolute Gasteiger partial charge is 0.179 e. The maximum absolute atomic E-state index is 6.34. The van der Waals surface area contributed by atoms with Crippen LogP contribution >= 0.6 is 11.6 Å². The highest BCUT2D eigenvalue weighted by Gasteiger charge is 2.12. The first-order valence-electron chi connectivity index (χ1n) is 8.11. The predicted octanol–water partition coefficient (Wildman–Crippen LogP) is 4.01. The molecule has 130 valence electrons. The van der Waals surface area contributed by atoms with Gasteiger partial charge in [0.05, 0.1) is 11.6 Å². The van der Waals surface area contributed by atoms with Gasteiger partial charge in [0.2, 0.25) is 0 Å². The molecule has 2 aromatic rings. The number of ether oxygens (including phenoxy) is 3. The van der Waals surface area contributed by atoms with Gasteiger partial charge in [-0.05, 0) is 62.2 Å². The first kappa shape index (κ1) is 18.4. The van der Waals surface area contributed by atoms with Gasteiger partial charge in [0.15, 0.2) is 11.5 Å². The molecule has 0 radical (unpaired) electrons. The molecule has 0 bridgehead atoms. The molecule has 0 atom stereocenters. The van der Waals surface area contributed by atoms with Crippen LogP contribution in [0.5, 0.6) is 17.2 Å². The molecule has 2 rings (SSSR count). The Hall–Kier alpha value is -1.91. The van der Waals surface area contributed by atoms with Crippen LogP contribution in [0.1, 0.15) is 18.1 Å². The Balaban J connectivity index is 1.97. The minimum absolute atomic E-state index is 0.379. The third-order valence-electron chi connectivity index (χ3n) is 3.39. The van der Waals surface area contributed by atoms with Crippen LogP contribution in [-0.2, 0) is 6.42 Å². The second-order valence-electron chi connectivity index (χ2n) is 5.39. The highest BCUT2D eigenvalue weighted by Crippen LogP contribution is 2.36. The van der Waals surface area contributed by atoms with Crippen molar-refractivity contribution >= 4 is 11.6 Å². The summed E-state index contributed by atoms with van der Waals surface area (Å²) >= 11 is 6.34. The standard InChI is InChI=1S/C19H24ClNO3/c1-3-22-18-13-15(7-8-21)12-17(20)19(18)24-10-9-23-16-6-4-5-14(2)11-16/h4-6,11-13H,3,7-10,21H2,1-2H3. The highest BCUT2D eigenvalue weighted by atomic mass is 35.5. The molecule has 5 heteroatoms. The monoisotopic (exact) mass is 349 g/mol. The van der Waals surface area contributed by atoms with Gasteiger partial charge < -0.3 is 19.9 Å². The Bertz CT molecular complexity index is 661. The molecule has 0 aliphatic rings. The molecule has 0 saturated heterocycles. The van der Waals surface area contributed by atoms with E-state index in [9.17, 15) is 0 Å². The molecule has 0 heterocycles. The summed E-state index contributed by atoms with van der Waals surface area (Å²) in [5.41, 5.74) is 7.80. The van der Waals surface area contributed by atoms with Crippen molar-refractivity contribution in [3.05, 3.63) is 52.5 Å². The minimum atomic E-state index is 0.379. The average molecular weight is 350 g/mol. The fraction of sp³-hybridized carbons (Fsp3) is 0.368.